The molecule has 0 aliphatic heterocycles. The molecule has 0 amide bonds. The summed E-state index contributed by atoms with van der Waals surface area (Å²) in [4.78, 5) is 21.7. The first kappa shape index (κ1) is 12.0. The molecule has 1 aliphatic rings. The monoisotopic (exact) mass is 213 g/mol. The van der Waals surface area contributed by atoms with Gasteiger partial charge in [-0.1, -0.05) is 6.42 Å². The molecule has 1 aliphatic carbocycles. The number of carbonyl (C=O) groups is 1. The Kier molecular flexibility index (Phi) is 4.12. The van der Waals surface area contributed by atoms with Crippen molar-refractivity contribution in [3.63, 3.8) is 0 Å². The molecule has 0 unspecified atom stereocenters. The highest BCUT2D eigenvalue weighted by molar-refractivity contribution is 5.80. The Morgan fingerprint density at radius 3 is 2.40 bits per heavy atom. The van der Waals surface area contributed by atoms with Crippen LogP contribution in [0.3, 0.4) is 0 Å². The third-order valence-corrected chi connectivity index (χ3v) is 2.61. The zero-order valence-corrected chi connectivity index (χ0v) is 9.25. The fourth-order valence-electron chi connectivity index (χ4n) is 1.62. The molecule has 1 saturated carbocycles. The van der Waals surface area contributed by atoms with Crippen LogP contribution in [0.25, 0.3) is 0 Å². The number of esters is 1. The van der Waals surface area contributed by atoms with Gasteiger partial charge in [0.05, 0.1) is 0 Å². The molecule has 0 aromatic heterocycles. The van der Waals surface area contributed by atoms with Gasteiger partial charge in [0, 0.05) is 0 Å². The molecule has 0 atom stereocenters. The third kappa shape index (κ3) is 3.53. The first-order valence-corrected chi connectivity index (χ1v) is 5.32. The summed E-state index contributed by atoms with van der Waals surface area (Å²) in [6.07, 6.45) is 5.20. The summed E-state index contributed by atoms with van der Waals surface area (Å²) < 4.78 is 9.82. The maximum Gasteiger partial charge on any atom is 0.418 e. The van der Waals surface area contributed by atoms with Crippen LogP contribution < -0.4 is 0 Å². The molecule has 1 radical (unpaired) electrons. The Balaban J connectivity index is 2.42. The van der Waals surface area contributed by atoms with Crippen molar-refractivity contribution in [3.8, 4) is 0 Å². The van der Waals surface area contributed by atoms with Crippen LogP contribution in [0.4, 0.5) is 0 Å². The Morgan fingerprint density at radius 1 is 1.27 bits per heavy atom. The van der Waals surface area contributed by atoms with E-state index in [9.17, 15) is 9.59 Å². The minimum absolute atomic E-state index is 0.0132. The van der Waals surface area contributed by atoms with E-state index in [1.807, 2.05) is 0 Å². The van der Waals surface area contributed by atoms with Gasteiger partial charge in [-0.05, 0) is 39.5 Å². The highest BCUT2D eigenvalue weighted by atomic mass is 16.6. The van der Waals surface area contributed by atoms with Crippen molar-refractivity contribution in [3.05, 3.63) is 0 Å². The molecule has 0 heterocycles. The highest BCUT2D eigenvalue weighted by Crippen LogP contribution is 2.22. The molecule has 15 heavy (non-hydrogen) atoms. The number of rotatable bonds is 4. The van der Waals surface area contributed by atoms with Crippen LogP contribution in [0.2, 0.25) is 0 Å². The van der Waals surface area contributed by atoms with Crippen LogP contribution in [0.1, 0.15) is 46.0 Å². The van der Waals surface area contributed by atoms with Crippen molar-refractivity contribution in [1.29, 1.82) is 0 Å². The topological polar surface area (TPSA) is 52.6 Å². The summed E-state index contributed by atoms with van der Waals surface area (Å²) in [5.74, 6) is -0.488. The van der Waals surface area contributed by atoms with E-state index in [1.54, 1.807) is 0 Å². The van der Waals surface area contributed by atoms with E-state index < -0.39 is 11.6 Å². The average molecular weight is 213 g/mol. The van der Waals surface area contributed by atoms with Gasteiger partial charge >= 0.3 is 12.4 Å². The van der Waals surface area contributed by atoms with Crippen LogP contribution in [0.5, 0.6) is 0 Å². The second-order valence-corrected chi connectivity index (χ2v) is 4.36. The average Bonchev–Trinajstić information content (AvgIpc) is 2.19. The third-order valence-electron chi connectivity index (χ3n) is 2.61. The van der Waals surface area contributed by atoms with Crippen LogP contribution in [-0.4, -0.2) is 24.1 Å². The maximum absolute atomic E-state index is 11.6. The quantitative estimate of drug-likeness (QED) is 0.667. The van der Waals surface area contributed by atoms with Gasteiger partial charge in [0.25, 0.3) is 0 Å². The van der Waals surface area contributed by atoms with Gasteiger partial charge in [0.1, 0.15) is 6.10 Å². The van der Waals surface area contributed by atoms with Crippen molar-refractivity contribution in [2.75, 3.05) is 0 Å². The molecule has 0 aromatic carbocycles. The van der Waals surface area contributed by atoms with Gasteiger partial charge in [0.15, 0.2) is 0 Å². The fourth-order valence-corrected chi connectivity index (χ4v) is 1.62. The number of ether oxygens (including phenoxy) is 2. The van der Waals surface area contributed by atoms with Gasteiger partial charge in [-0.15, -0.1) is 0 Å². The lowest BCUT2D eigenvalue weighted by Gasteiger charge is -2.26. The van der Waals surface area contributed by atoms with Gasteiger partial charge in [-0.2, -0.15) is 0 Å². The van der Waals surface area contributed by atoms with Crippen molar-refractivity contribution in [1.82, 2.24) is 0 Å². The molecule has 1 fully saturated rings. The molecular formula is C11H17O4. The lowest BCUT2D eigenvalue weighted by atomic mass is 9.97. The van der Waals surface area contributed by atoms with E-state index in [0.717, 1.165) is 25.7 Å². The molecule has 4 nitrogen and oxygen atoms in total. The molecule has 85 valence electrons. The van der Waals surface area contributed by atoms with E-state index in [1.165, 1.54) is 26.7 Å². The normalized spacial score (nSPS) is 18.3. The smallest absolute Gasteiger partial charge is 0.418 e. The van der Waals surface area contributed by atoms with Crippen molar-refractivity contribution in [2.24, 2.45) is 0 Å². The summed E-state index contributed by atoms with van der Waals surface area (Å²) in [6.45, 7) is 4.28. The molecule has 0 bridgehead atoms. The first-order valence-electron chi connectivity index (χ1n) is 5.32. The van der Waals surface area contributed by atoms with Crippen LogP contribution >= 0.6 is 0 Å². The summed E-state index contributed by atoms with van der Waals surface area (Å²) >= 11 is 0. The minimum atomic E-state index is -1.22. The van der Waals surface area contributed by atoms with Gasteiger partial charge in [-0.25, -0.2) is 9.59 Å². The standard InChI is InChI=1S/C11H17O4/c1-11(2,14-8-12)10(13)15-9-6-4-3-5-7-9/h9H,3-7H2,1-2H3. The van der Waals surface area contributed by atoms with Crippen LogP contribution in [0, 0.1) is 0 Å². The molecular weight excluding hydrogens is 196 g/mol. The zero-order valence-electron chi connectivity index (χ0n) is 9.25. The second-order valence-electron chi connectivity index (χ2n) is 4.36. The largest absolute Gasteiger partial charge is 0.459 e. The van der Waals surface area contributed by atoms with Gasteiger partial charge < -0.3 is 9.47 Å². The van der Waals surface area contributed by atoms with Crippen LogP contribution in [0.15, 0.2) is 0 Å². The van der Waals surface area contributed by atoms with E-state index in [2.05, 4.69) is 4.74 Å². The Morgan fingerprint density at radius 2 is 1.87 bits per heavy atom. The lowest BCUT2D eigenvalue weighted by Crippen LogP contribution is -2.39. The summed E-state index contributed by atoms with van der Waals surface area (Å²) in [7, 11) is 0. The summed E-state index contributed by atoms with van der Waals surface area (Å²) in [6, 6.07) is 0. The Labute approximate surface area is 89.9 Å². The predicted molar refractivity (Wildman–Crippen MR) is 53.8 cm³/mol. The molecule has 4 heteroatoms. The van der Waals surface area contributed by atoms with Crippen molar-refractivity contribution >= 4 is 12.4 Å². The molecule has 0 N–H and O–H groups in total. The van der Waals surface area contributed by atoms with E-state index >= 15 is 0 Å². The summed E-state index contributed by atoms with van der Waals surface area (Å²) in [5, 5.41) is 0. The second kappa shape index (κ2) is 5.14. The maximum atomic E-state index is 11.6. The summed E-state index contributed by atoms with van der Waals surface area (Å²) in [5.41, 5.74) is -1.22. The van der Waals surface area contributed by atoms with Crippen molar-refractivity contribution < 1.29 is 19.1 Å². The number of hydrogen-bond acceptors (Lipinski definition) is 4. The van der Waals surface area contributed by atoms with Crippen molar-refractivity contribution in [2.45, 2.75) is 57.7 Å². The van der Waals surface area contributed by atoms with Gasteiger partial charge in [-0.3, -0.25) is 0 Å². The van der Waals surface area contributed by atoms with E-state index in [4.69, 9.17) is 4.74 Å². The number of carbonyl (C=O) groups excluding carboxylic acids is 2. The van der Waals surface area contributed by atoms with E-state index in [-0.39, 0.29) is 6.10 Å². The molecule has 0 spiro atoms. The SMILES string of the molecule is CC(C)(O[C]=O)C(=O)OC1CCCCC1. The first-order chi connectivity index (χ1) is 7.06. The number of hydrogen-bond donors (Lipinski definition) is 0. The predicted octanol–water partition coefficient (Wildman–Crippen LogP) is 1.72. The molecule has 1 rings (SSSR count). The Bertz CT molecular complexity index is 229. The molecule has 0 saturated heterocycles. The Hall–Kier alpha value is -1.06. The fraction of sp³-hybridized carbons (Fsp3) is 0.818. The van der Waals surface area contributed by atoms with Crippen LogP contribution in [-0.2, 0) is 19.1 Å². The zero-order chi connectivity index (χ0) is 11.3. The molecule has 0 aromatic rings. The van der Waals surface area contributed by atoms with E-state index in [0.29, 0.717) is 0 Å². The minimum Gasteiger partial charge on any atom is -0.459 e. The lowest BCUT2D eigenvalue weighted by molar-refractivity contribution is -0.167. The highest BCUT2D eigenvalue weighted by Gasteiger charge is 2.33. The van der Waals surface area contributed by atoms with Gasteiger partial charge in [0.2, 0.25) is 5.60 Å².